The van der Waals surface area contributed by atoms with Gasteiger partial charge in [-0.3, -0.25) is 0 Å². The summed E-state index contributed by atoms with van der Waals surface area (Å²) < 4.78 is 29.9. The van der Waals surface area contributed by atoms with Gasteiger partial charge < -0.3 is 0 Å². The molecule has 43 heavy (non-hydrogen) atoms. The van der Waals surface area contributed by atoms with E-state index in [1.54, 1.807) is 0 Å². The molecule has 2 bridgehead atoms. The summed E-state index contributed by atoms with van der Waals surface area (Å²) in [5.41, 5.74) is 2.31. The summed E-state index contributed by atoms with van der Waals surface area (Å²) in [5.74, 6) is 0. The Hall–Kier alpha value is -1.34. The number of aromatic nitrogens is 2. The summed E-state index contributed by atoms with van der Waals surface area (Å²) in [6.07, 6.45) is 22.5. The van der Waals surface area contributed by atoms with Gasteiger partial charge in [-0.2, -0.15) is 0 Å². The summed E-state index contributed by atoms with van der Waals surface area (Å²) in [4.78, 5) is 1.55. The van der Waals surface area contributed by atoms with Crippen LogP contribution < -0.4 is 9.13 Å². The number of ether oxygens (including phenoxy) is 4. The molecule has 2 aromatic rings. The number of pyridine rings is 2. The fraction of sp³-hybridized carbons (Fsp3) is 0.722. The van der Waals surface area contributed by atoms with Gasteiger partial charge in [0.1, 0.15) is 0 Å². The Balaban J connectivity index is 1.41. The molecule has 4 heterocycles. The van der Waals surface area contributed by atoms with E-state index in [4.69, 9.17) is 18.9 Å². The average molecular weight is 662 g/mol. The first-order chi connectivity index (χ1) is 21.2. The summed E-state index contributed by atoms with van der Waals surface area (Å²) in [7, 11) is 0. The molecule has 2 aliphatic heterocycles. The Kier molecular flexibility index (Phi) is 15.4. The predicted octanol–water partition coefficient (Wildman–Crippen LogP) is 8.18. The van der Waals surface area contributed by atoms with Crippen molar-refractivity contribution in [3.8, 4) is 0 Å². The third-order valence-electron chi connectivity index (χ3n) is 8.77. The van der Waals surface area contributed by atoms with Crippen molar-refractivity contribution < 1.29 is 28.1 Å². The molecule has 7 heteroatoms. The van der Waals surface area contributed by atoms with E-state index in [0.29, 0.717) is 27.0 Å². The van der Waals surface area contributed by atoms with Gasteiger partial charge in [-0.15, -0.1) is 0 Å². The first-order valence-electron chi connectivity index (χ1n) is 17.3. The Labute approximate surface area is 268 Å². The van der Waals surface area contributed by atoms with Gasteiger partial charge in [0.2, 0.25) is 0 Å². The Morgan fingerprint density at radius 1 is 0.605 bits per heavy atom. The zero-order valence-electron chi connectivity index (χ0n) is 27.3. The maximum atomic E-state index is 6.23. The molecule has 4 rings (SSSR count). The normalized spacial score (nSPS) is 22.0. The van der Waals surface area contributed by atoms with Crippen LogP contribution in [0.1, 0.15) is 141 Å². The van der Waals surface area contributed by atoms with Crippen LogP contribution in [0.4, 0.5) is 0 Å². The average Bonchev–Trinajstić information content (AvgIpc) is 3.04. The number of rotatable bonds is 20. The van der Waals surface area contributed by atoms with E-state index < -0.39 is 0 Å². The van der Waals surface area contributed by atoms with Crippen LogP contribution >= 0.6 is 0 Å². The number of fused-ring (bicyclic) bond motifs is 2. The van der Waals surface area contributed by atoms with Gasteiger partial charge in [-0.1, -0.05) is 0 Å². The monoisotopic (exact) mass is 662 g/mol. The van der Waals surface area contributed by atoms with E-state index in [1.165, 1.54) is 25.7 Å². The van der Waals surface area contributed by atoms with E-state index in [1.807, 2.05) is 0 Å². The molecule has 4 unspecified atom stereocenters. The third-order valence-corrected chi connectivity index (χ3v) is 12.5. The van der Waals surface area contributed by atoms with Crippen LogP contribution in [0.2, 0.25) is 9.63 Å². The van der Waals surface area contributed by atoms with Gasteiger partial charge in [0, 0.05) is 0 Å². The van der Waals surface area contributed by atoms with Gasteiger partial charge in [-0.25, -0.2) is 0 Å². The van der Waals surface area contributed by atoms with Crippen molar-refractivity contribution in [3.63, 3.8) is 0 Å². The van der Waals surface area contributed by atoms with Crippen LogP contribution in [0.5, 0.6) is 0 Å². The molecule has 0 N–H and O–H groups in total. The van der Waals surface area contributed by atoms with Gasteiger partial charge in [0.15, 0.2) is 0 Å². The van der Waals surface area contributed by atoms with Crippen molar-refractivity contribution in [3.05, 3.63) is 60.2 Å². The fourth-order valence-electron chi connectivity index (χ4n) is 6.19. The van der Waals surface area contributed by atoms with Crippen molar-refractivity contribution in [1.82, 2.24) is 0 Å². The van der Waals surface area contributed by atoms with Gasteiger partial charge in [-0.05, 0) is 0 Å². The second-order valence-corrected chi connectivity index (χ2v) is 15.3. The van der Waals surface area contributed by atoms with Crippen molar-refractivity contribution >= 4 is 15.0 Å². The van der Waals surface area contributed by atoms with Crippen LogP contribution in [-0.2, 0) is 18.9 Å². The maximum absolute atomic E-state index is 6.23. The van der Waals surface area contributed by atoms with Gasteiger partial charge >= 0.3 is 269 Å². The Morgan fingerprint density at radius 2 is 0.977 bits per heavy atom. The second-order valence-electron chi connectivity index (χ2n) is 12.2. The molecule has 2 aromatic heterocycles. The summed E-state index contributed by atoms with van der Waals surface area (Å²) in [6.45, 7) is 11.8. The number of nitrogens with zero attached hydrogens (tertiary/aromatic N) is 2. The minimum atomic E-state index is -0.271. The van der Waals surface area contributed by atoms with Crippen molar-refractivity contribution in [1.29, 1.82) is 0 Å². The van der Waals surface area contributed by atoms with E-state index in [0.717, 1.165) is 98.6 Å². The zero-order chi connectivity index (χ0) is 30.3. The predicted molar refractivity (Wildman–Crippen MR) is 172 cm³/mol. The van der Waals surface area contributed by atoms with E-state index in [2.05, 4.69) is 85.9 Å². The molecule has 6 nitrogen and oxygen atoms in total. The van der Waals surface area contributed by atoms with Gasteiger partial charge in [0.25, 0.3) is 0 Å². The van der Waals surface area contributed by atoms with Crippen LogP contribution in [0.25, 0.3) is 0 Å². The van der Waals surface area contributed by atoms with Crippen LogP contribution in [0.3, 0.4) is 0 Å². The van der Waals surface area contributed by atoms with Crippen LogP contribution in [-0.4, -0.2) is 41.4 Å². The standard InChI is InChI=1S/C36H58N2O4Se/c1-5-9-23-39-35(40-24-10-6-2)29-15-13-21-37(27-29)31-17-19-34-32(18-20-33(31)43-34)38-22-14-16-30(28-38)36(41-25-11-7-3)42-26-12-8-4/h13-16,21-22,27-28,31-36H,5-12,17-20,23-26H2,1-4H3/q+2. The van der Waals surface area contributed by atoms with Crippen LogP contribution in [0, 0.1) is 0 Å². The Morgan fingerprint density at radius 3 is 1.33 bits per heavy atom. The fourth-order valence-corrected chi connectivity index (χ4v) is 10.2. The molecular formula is C36H58N2O4Se+2. The zero-order valence-corrected chi connectivity index (χ0v) is 29.0. The van der Waals surface area contributed by atoms with Crippen molar-refractivity contribution in [2.75, 3.05) is 26.4 Å². The summed E-state index contributed by atoms with van der Waals surface area (Å²) in [6, 6.07) is 9.90. The molecule has 0 aliphatic carbocycles. The number of unbranched alkanes of at least 4 members (excludes halogenated alkanes) is 4. The quantitative estimate of drug-likeness (QED) is 0.0622. The third kappa shape index (κ3) is 10.3. The van der Waals surface area contributed by atoms with Crippen LogP contribution in [0.15, 0.2) is 49.1 Å². The molecule has 0 amide bonds. The molecule has 2 aliphatic rings. The van der Waals surface area contributed by atoms with E-state index >= 15 is 0 Å². The second kappa shape index (κ2) is 19.2. The molecule has 0 radical (unpaired) electrons. The molecule has 0 saturated carbocycles. The molecule has 4 atom stereocenters. The van der Waals surface area contributed by atoms with E-state index in [9.17, 15) is 0 Å². The molecule has 2 saturated heterocycles. The SMILES string of the molecule is CCCCOC(OCCCC)c1ccc[n+](C2CCC3[Se]C2CCC3[n+]2cccc(C(OCCCC)OCCCC)c2)c1. The molecule has 0 spiro atoms. The van der Waals surface area contributed by atoms with Crippen molar-refractivity contribution in [2.24, 2.45) is 0 Å². The first-order valence-corrected chi connectivity index (χ1v) is 19.3. The molecule has 0 aromatic carbocycles. The van der Waals surface area contributed by atoms with Gasteiger partial charge in [0.05, 0.1) is 0 Å². The van der Waals surface area contributed by atoms with Crippen molar-refractivity contribution in [2.45, 2.75) is 139 Å². The number of hydrogen-bond donors (Lipinski definition) is 0. The first kappa shape index (κ1) is 34.5. The number of hydrogen-bond acceptors (Lipinski definition) is 4. The summed E-state index contributed by atoms with van der Waals surface area (Å²) in [5, 5.41) is 0. The topological polar surface area (TPSA) is 44.7 Å². The molecule has 240 valence electrons. The van der Waals surface area contributed by atoms with E-state index in [-0.39, 0.29) is 12.6 Å². The molecular weight excluding hydrogens is 603 g/mol. The summed E-state index contributed by atoms with van der Waals surface area (Å²) >= 11 is 0.598. The Bertz CT molecular complexity index is 954. The minimum absolute atomic E-state index is 0.271. The molecule has 2 fully saturated rings.